The smallest absolute Gasteiger partial charge is 0.120 e. The topological polar surface area (TPSA) is 9.23 Å². The van der Waals surface area contributed by atoms with E-state index in [1.54, 1.807) is 0 Å². The number of ether oxygens (including phenoxy) is 1. The molecule has 1 heteroatoms. The van der Waals surface area contributed by atoms with E-state index in [0.717, 1.165) is 23.7 Å². The molecule has 0 aliphatic rings. The van der Waals surface area contributed by atoms with Crippen molar-refractivity contribution in [2.75, 3.05) is 0 Å². The Kier molecular flexibility index (Phi) is 7.32. The average molecular weight is 260 g/mol. The maximum atomic E-state index is 6.02. The van der Waals surface area contributed by atoms with E-state index in [0.29, 0.717) is 0 Å². The average Bonchev–Trinajstić information content (AvgIpc) is 2.43. The van der Waals surface area contributed by atoms with Gasteiger partial charge in [0.1, 0.15) is 5.75 Å². The highest BCUT2D eigenvalue weighted by Crippen LogP contribution is 2.22. The summed E-state index contributed by atoms with van der Waals surface area (Å²) in [5, 5.41) is 0. The molecule has 19 heavy (non-hydrogen) atoms. The van der Waals surface area contributed by atoms with Gasteiger partial charge < -0.3 is 4.74 Å². The predicted molar refractivity (Wildman–Crippen MR) is 84.5 cm³/mol. The SMILES string of the molecule is C=Cc1cccc(OC(C)CC(CC)CCCC)c1. The molecule has 0 N–H and O–H groups in total. The van der Waals surface area contributed by atoms with Gasteiger partial charge in [-0.2, -0.15) is 0 Å². The zero-order valence-electron chi connectivity index (χ0n) is 12.7. The highest BCUT2D eigenvalue weighted by molar-refractivity contribution is 5.49. The van der Waals surface area contributed by atoms with Crippen molar-refractivity contribution in [3.8, 4) is 5.75 Å². The van der Waals surface area contributed by atoms with Crippen molar-refractivity contribution in [3.05, 3.63) is 36.4 Å². The van der Waals surface area contributed by atoms with Crippen molar-refractivity contribution in [2.45, 2.75) is 59.0 Å². The highest BCUT2D eigenvalue weighted by atomic mass is 16.5. The minimum absolute atomic E-state index is 0.280. The number of benzene rings is 1. The monoisotopic (exact) mass is 260 g/mol. The zero-order valence-corrected chi connectivity index (χ0v) is 12.7. The molecule has 0 saturated carbocycles. The van der Waals surface area contributed by atoms with E-state index in [1.807, 2.05) is 24.3 Å². The molecule has 1 aromatic rings. The molecule has 2 atom stereocenters. The molecule has 2 unspecified atom stereocenters. The summed E-state index contributed by atoms with van der Waals surface area (Å²) >= 11 is 0. The van der Waals surface area contributed by atoms with E-state index in [1.165, 1.54) is 25.7 Å². The van der Waals surface area contributed by atoms with Crippen molar-refractivity contribution in [3.63, 3.8) is 0 Å². The molecule has 0 bridgehead atoms. The molecule has 106 valence electrons. The van der Waals surface area contributed by atoms with Crippen LogP contribution in [-0.2, 0) is 0 Å². The minimum atomic E-state index is 0.280. The Morgan fingerprint density at radius 3 is 2.74 bits per heavy atom. The van der Waals surface area contributed by atoms with Gasteiger partial charge in [0.25, 0.3) is 0 Å². The van der Waals surface area contributed by atoms with Gasteiger partial charge in [-0.15, -0.1) is 0 Å². The Morgan fingerprint density at radius 2 is 2.11 bits per heavy atom. The molecule has 0 heterocycles. The van der Waals surface area contributed by atoms with Gasteiger partial charge in [0.2, 0.25) is 0 Å². The quantitative estimate of drug-likeness (QED) is 0.553. The van der Waals surface area contributed by atoms with Gasteiger partial charge in [-0.05, 0) is 37.0 Å². The zero-order chi connectivity index (χ0) is 14.1. The van der Waals surface area contributed by atoms with Crippen molar-refractivity contribution in [2.24, 2.45) is 5.92 Å². The van der Waals surface area contributed by atoms with Crippen LogP contribution in [0, 0.1) is 5.92 Å². The van der Waals surface area contributed by atoms with Gasteiger partial charge in [0.05, 0.1) is 6.10 Å². The summed E-state index contributed by atoms with van der Waals surface area (Å²) < 4.78 is 6.02. The predicted octanol–water partition coefficient (Wildman–Crippen LogP) is 5.70. The van der Waals surface area contributed by atoms with E-state index >= 15 is 0 Å². The highest BCUT2D eigenvalue weighted by Gasteiger charge is 2.12. The second kappa shape index (κ2) is 8.79. The fourth-order valence-electron chi connectivity index (χ4n) is 2.45. The first-order valence-electron chi connectivity index (χ1n) is 7.58. The number of rotatable bonds is 9. The van der Waals surface area contributed by atoms with Gasteiger partial charge in [-0.1, -0.05) is 64.3 Å². The lowest BCUT2D eigenvalue weighted by Crippen LogP contribution is -2.17. The van der Waals surface area contributed by atoms with E-state index in [9.17, 15) is 0 Å². The summed E-state index contributed by atoms with van der Waals surface area (Å²) in [6.07, 6.45) is 8.47. The van der Waals surface area contributed by atoms with Gasteiger partial charge in [-0.25, -0.2) is 0 Å². The van der Waals surface area contributed by atoms with Crippen LogP contribution < -0.4 is 4.74 Å². The van der Waals surface area contributed by atoms with Crippen molar-refractivity contribution in [1.29, 1.82) is 0 Å². The molecule has 0 aliphatic heterocycles. The maximum absolute atomic E-state index is 6.02. The fraction of sp³-hybridized carbons (Fsp3) is 0.556. The molecule has 0 radical (unpaired) electrons. The molecule has 0 aromatic heterocycles. The van der Waals surface area contributed by atoms with E-state index in [2.05, 4.69) is 33.4 Å². The van der Waals surface area contributed by atoms with E-state index in [4.69, 9.17) is 4.74 Å². The van der Waals surface area contributed by atoms with Crippen molar-refractivity contribution in [1.82, 2.24) is 0 Å². The van der Waals surface area contributed by atoms with Crippen LogP contribution in [0.5, 0.6) is 5.75 Å². The molecule has 0 amide bonds. The number of hydrogen-bond donors (Lipinski definition) is 0. The Bertz CT molecular complexity index is 370. The van der Waals surface area contributed by atoms with Gasteiger partial charge in [0, 0.05) is 0 Å². The third kappa shape index (κ3) is 5.96. The Balaban J connectivity index is 2.48. The second-order valence-corrected chi connectivity index (χ2v) is 5.36. The summed E-state index contributed by atoms with van der Waals surface area (Å²) in [5.74, 6) is 1.74. The summed E-state index contributed by atoms with van der Waals surface area (Å²) in [7, 11) is 0. The normalized spacial score (nSPS) is 13.8. The number of hydrogen-bond acceptors (Lipinski definition) is 1. The lowest BCUT2D eigenvalue weighted by atomic mass is 9.93. The summed E-state index contributed by atoms with van der Waals surface area (Å²) in [6.45, 7) is 10.5. The van der Waals surface area contributed by atoms with Crippen LogP contribution >= 0.6 is 0 Å². The molecule has 1 nitrogen and oxygen atoms in total. The molecule has 0 saturated heterocycles. The molecule has 0 fully saturated rings. The molecular weight excluding hydrogens is 232 g/mol. The van der Waals surface area contributed by atoms with E-state index < -0.39 is 0 Å². The lowest BCUT2D eigenvalue weighted by Gasteiger charge is -2.21. The number of unbranched alkanes of at least 4 members (excludes halogenated alkanes) is 1. The van der Waals surface area contributed by atoms with Crippen LogP contribution in [0.25, 0.3) is 6.08 Å². The Morgan fingerprint density at radius 1 is 1.32 bits per heavy atom. The standard InChI is InChI=1S/C18H28O/c1-5-8-10-16(6-2)13-15(4)19-18-12-9-11-17(7-3)14-18/h7,9,11-12,14-16H,3,5-6,8,10,13H2,1-2,4H3. The van der Waals surface area contributed by atoms with Crippen LogP contribution in [0.2, 0.25) is 0 Å². The van der Waals surface area contributed by atoms with Gasteiger partial charge >= 0.3 is 0 Å². The van der Waals surface area contributed by atoms with Crippen LogP contribution in [0.15, 0.2) is 30.8 Å². The second-order valence-electron chi connectivity index (χ2n) is 5.36. The summed E-state index contributed by atoms with van der Waals surface area (Å²) in [4.78, 5) is 0. The van der Waals surface area contributed by atoms with Crippen LogP contribution in [-0.4, -0.2) is 6.10 Å². The van der Waals surface area contributed by atoms with Gasteiger partial charge in [-0.3, -0.25) is 0 Å². The lowest BCUT2D eigenvalue weighted by molar-refractivity contribution is 0.179. The first-order valence-corrected chi connectivity index (χ1v) is 7.58. The first kappa shape index (κ1) is 15.8. The molecule has 1 aromatic carbocycles. The Hall–Kier alpha value is -1.24. The van der Waals surface area contributed by atoms with Gasteiger partial charge in [0.15, 0.2) is 0 Å². The third-order valence-electron chi connectivity index (χ3n) is 3.64. The van der Waals surface area contributed by atoms with E-state index in [-0.39, 0.29) is 6.10 Å². The first-order chi connectivity index (χ1) is 9.19. The van der Waals surface area contributed by atoms with Crippen molar-refractivity contribution >= 4 is 6.08 Å². The van der Waals surface area contributed by atoms with Crippen LogP contribution in [0.4, 0.5) is 0 Å². The summed E-state index contributed by atoms with van der Waals surface area (Å²) in [5.41, 5.74) is 1.11. The van der Waals surface area contributed by atoms with Crippen LogP contribution in [0.3, 0.4) is 0 Å². The largest absolute Gasteiger partial charge is 0.491 e. The van der Waals surface area contributed by atoms with Crippen molar-refractivity contribution < 1.29 is 4.74 Å². The minimum Gasteiger partial charge on any atom is -0.491 e. The molecular formula is C18H28O. The molecule has 0 aliphatic carbocycles. The maximum Gasteiger partial charge on any atom is 0.120 e. The summed E-state index contributed by atoms with van der Waals surface area (Å²) in [6, 6.07) is 8.14. The molecule has 0 spiro atoms. The van der Waals surface area contributed by atoms with Crippen LogP contribution in [0.1, 0.15) is 58.4 Å². The fourth-order valence-corrected chi connectivity index (χ4v) is 2.45. The Labute approximate surface area is 118 Å². The molecule has 1 rings (SSSR count). The third-order valence-corrected chi connectivity index (χ3v) is 3.64.